The molecule has 1 aromatic carbocycles. The van der Waals surface area contributed by atoms with Gasteiger partial charge in [0.15, 0.2) is 5.65 Å². The van der Waals surface area contributed by atoms with Gasteiger partial charge in [-0.05, 0) is 11.6 Å². The van der Waals surface area contributed by atoms with Gasteiger partial charge in [0.05, 0.1) is 11.3 Å². The van der Waals surface area contributed by atoms with E-state index in [2.05, 4.69) is 20.1 Å². The summed E-state index contributed by atoms with van der Waals surface area (Å²) in [5.41, 5.74) is 2.58. The molecule has 3 aromatic heterocycles. The minimum Gasteiger partial charge on any atom is -0.313 e. The molecule has 0 bridgehead atoms. The summed E-state index contributed by atoms with van der Waals surface area (Å²) < 4.78 is 1.64. The van der Waals surface area contributed by atoms with E-state index in [9.17, 15) is 9.59 Å². The molecule has 0 atom stereocenters. The van der Waals surface area contributed by atoms with Crippen molar-refractivity contribution in [1.29, 1.82) is 0 Å². The quantitative estimate of drug-likeness (QED) is 0.596. The highest BCUT2D eigenvalue weighted by molar-refractivity contribution is 5.62. The van der Waals surface area contributed by atoms with Gasteiger partial charge in [-0.15, -0.1) is 0 Å². The summed E-state index contributed by atoms with van der Waals surface area (Å²) >= 11 is 0. The average Bonchev–Trinajstić information content (AvgIpc) is 3.04. The molecule has 0 saturated carbocycles. The molecular formula is C17H13N5O2. The van der Waals surface area contributed by atoms with Gasteiger partial charge in [0, 0.05) is 30.6 Å². The number of aromatic nitrogens is 5. The van der Waals surface area contributed by atoms with Gasteiger partial charge >= 0.3 is 5.69 Å². The Morgan fingerprint density at radius 2 is 1.96 bits per heavy atom. The van der Waals surface area contributed by atoms with Crippen LogP contribution in [0.5, 0.6) is 0 Å². The van der Waals surface area contributed by atoms with E-state index in [-0.39, 0.29) is 0 Å². The normalized spacial score (nSPS) is 11.0. The number of fused-ring (bicyclic) bond motifs is 1. The van der Waals surface area contributed by atoms with Crippen LogP contribution < -0.4 is 11.2 Å². The lowest BCUT2D eigenvalue weighted by molar-refractivity contribution is 0.919. The lowest BCUT2D eigenvalue weighted by Gasteiger charge is -2.07. The Kier molecular flexibility index (Phi) is 3.31. The minimum atomic E-state index is -0.544. The molecule has 0 spiro atoms. The Bertz CT molecular complexity index is 1120. The number of nitrogens with zero attached hydrogens (tertiary/aromatic N) is 3. The van der Waals surface area contributed by atoms with Gasteiger partial charge in [-0.1, -0.05) is 30.3 Å². The molecule has 0 amide bonds. The van der Waals surface area contributed by atoms with Crippen LogP contribution >= 0.6 is 0 Å². The maximum absolute atomic E-state index is 12.0. The molecule has 4 rings (SSSR count). The van der Waals surface area contributed by atoms with Crippen LogP contribution in [0.4, 0.5) is 0 Å². The van der Waals surface area contributed by atoms with Crippen molar-refractivity contribution in [2.75, 3.05) is 0 Å². The molecule has 2 N–H and O–H groups in total. The van der Waals surface area contributed by atoms with Crippen LogP contribution in [-0.4, -0.2) is 24.6 Å². The van der Waals surface area contributed by atoms with Gasteiger partial charge in [-0.3, -0.25) is 9.78 Å². The smallest absolute Gasteiger partial charge is 0.313 e. The third kappa shape index (κ3) is 2.52. The number of aromatic amines is 2. The third-order valence-corrected chi connectivity index (χ3v) is 3.77. The number of H-pyrrole nitrogens is 2. The fourth-order valence-corrected chi connectivity index (χ4v) is 2.66. The first-order valence-corrected chi connectivity index (χ1v) is 7.40. The molecule has 118 valence electrons. The molecule has 0 aliphatic rings. The van der Waals surface area contributed by atoms with Crippen molar-refractivity contribution in [2.45, 2.75) is 6.42 Å². The van der Waals surface area contributed by atoms with Crippen molar-refractivity contribution in [3.05, 3.63) is 87.0 Å². The Morgan fingerprint density at radius 3 is 2.75 bits per heavy atom. The Morgan fingerprint density at radius 1 is 1.12 bits per heavy atom. The summed E-state index contributed by atoms with van der Waals surface area (Å²) in [6.45, 7) is 0. The van der Waals surface area contributed by atoms with Crippen LogP contribution in [0.3, 0.4) is 0 Å². The zero-order valence-corrected chi connectivity index (χ0v) is 12.6. The van der Waals surface area contributed by atoms with Crippen molar-refractivity contribution >= 4 is 5.65 Å². The lowest BCUT2D eigenvalue weighted by atomic mass is 10.0. The van der Waals surface area contributed by atoms with E-state index >= 15 is 0 Å². The predicted molar refractivity (Wildman–Crippen MR) is 88.9 cm³/mol. The van der Waals surface area contributed by atoms with Crippen molar-refractivity contribution in [1.82, 2.24) is 24.6 Å². The van der Waals surface area contributed by atoms with Gasteiger partial charge in [0.1, 0.15) is 0 Å². The van der Waals surface area contributed by atoms with E-state index < -0.39 is 11.2 Å². The average molecular weight is 319 g/mol. The van der Waals surface area contributed by atoms with Crippen molar-refractivity contribution in [3.63, 3.8) is 0 Å². The second kappa shape index (κ2) is 5.62. The number of hydrogen-bond acceptors (Lipinski definition) is 4. The fourth-order valence-electron chi connectivity index (χ4n) is 2.66. The monoisotopic (exact) mass is 319 g/mol. The van der Waals surface area contributed by atoms with Crippen molar-refractivity contribution in [2.24, 2.45) is 0 Å². The zero-order valence-electron chi connectivity index (χ0n) is 12.6. The van der Waals surface area contributed by atoms with E-state index in [1.54, 1.807) is 16.9 Å². The number of rotatable bonds is 3. The molecule has 0 unspecified atom stereocenters. The van der Waals surface area contributed by atoms with E-state index in [0.29, 0.717) is 17.7 Å². The second-order valence-electron chi connectivity index (χ2n) is 5.40. The molecule has 0 aliphatic heterocycles. The zero-order chi connectivity index (χ0) is 16.5. The molecule has 7 nitrogen and oxygen atoms in total. The van der Waals surface area contributed by atoms with Crippen molar-refractivity contribution in [3.8, 4) is 11.3 Å². The van der Waals surface area contributed by atoms with Crippen LogP contribution in [0.15, 0.2) is 64.6 Å². The summed E-state index contributed by atoms with van der Waals surface area (Å²) in [6.07, 6.45) is 5.43. The second-order valence-corrected chi connectivity index (χ2v) is 5.40. The predicted octanol–water partition coefficient (Wildman–Crippen LogP) is 1.36. The molecule has 0 fully saturated rings. The Hall–Kier alpha value is -3.48. The maximum atomic E-state index is 12.0. The van der Waals surface area contributed by atoms with Gasteiger partial charge in [-0.25, -0.2) is 14.3 Å². The number of imidazole rings is 1. The first-order valence-electron chi connectivity index (χ1n) is 7.40. The molecule has 24 heavy (non-hydrogen) atoms. The van der Waals surface area contributed by atoms with Crippen LogP contribution in [0.1, 0.15) is 11.1 Å². The van der Waals surface area contributed by atoms with Crippen LogP contribution in [0.2, 0.25) is 0 Å². The Labute approximate surface area is 135 Å². The number of benzene rings is 1. The van der Waals surface area contributed by atoms with E-state index in [0.717, 1.165) is 16.8 Å². The standard InChI is InChI=1S/C17H13N5O2/c23-16-13(10-19-17(24)20-16)14-9-12(8-11-4-2-1-3-5-11)15-18-6-7-22(15)21-14/h1-7,9-10H,8H2,(H2,19,20,23,24). The van der Waals surface area contributed by atoms with Crippen LogP contribution in [0, 0.1) is 0 Å². The van der Waals surface area contributed by atoms with E-state index in [1.165, 1.54) is 6.20 Å². The minimum absolute atomic E-state index is 0.305. The summed E-state index contributed by atoms with van der Waals surface area (Å²) in [5, 5.41) is 4.41. The highest BCUT2D eigenvalue weighted by atomic mass is 16.2. The van der Waals surface area contributed by atoms with Gasteiger partial charge in [0.2, 0.25) is 0 Å². The van der Waals surface area contributed by atoms with Crippen LogP contribution in [0.25, 0.3) is 16.9 Å². The summed E-state index contributed by atoms with van der Waals surface area (Å²) in [5.74, 6) is 0. The SMILES string of the molecule is O=c1[nH]cc(-c2cc(Cc3ccccc3)c3nccn3n2)c(=O)[nH]1. The van der Waals surface area contributed by atoms with Gasteiger partial charge < -0.3 is 4.98 Å². The highest BCUT2D eigenvalue weighted by Crippen LogP contribution is 2.19. The third-order valence-electron chi connectivity index (χ3n) is 3.77. The van der Waals surface area contributed by atoms with Crippen LogP contribution in [-0.2, 0) is 6.42 Å². The molecular weight excluding hydrogens is 306 g/mol. The van der Waals surface area contributed by atoms with E-state index in [4.69, 9.17) is 0 Å². The molecule has 0 aliphatic carbocycles. The highest BCUT2D eigenvalue weighted by Gasteiger charge is 2.12. The summed E-state index contributed by atoms with van der Waals surface area (Å²) in [6, 6.07) is 11.8. The molecule has 4 aromatic rings. The Balaban J connectivity index is 1.89. The van der Waals surface area contributed by atoms with E-state index in [1.807, 2.05) is 36.4 Å². The molecule has 0 saturated heterocycles. The largest absolute Gasteiger partial charge is 0.325 e. The molecule has 0 radical (unpaired) electrons. The maximum Gasteiger partial charge on any atom is 0.325 e. The number of nitrogens with one attached hydrogen (secondary N) is 2. The topological polar surface area (TPSA) is 95.9 Å². The van der Waals surface area contributed by atoms with Gasteiger partial charge in [0.25, 0.3) is 5.56 Å². The summed E-state index contributed by atoms with van der Waals surface area (Å²) in [7, 11) is 0. The van der Waals surface area contributed by atoms with Crippen molar-refractivity contribution < 1.29 is 0 Å². The summed E-state index contributed by atoms with van der Waals surface area (Å²) in [4.78, 5) is 32.3. The first-order chi connectivity index (χ1) is 11.7. The number of hydrogen-bond donors (Lipinski definition) is 2. The molecule has 7 heteroatoms. The van der Waals surface area contributed by atoms with Gasteiger partial charge in [-0.2, -0.15) is 5.10 Å². The molecule has 3 heterocycles. The first kappa shape index (κ1) is 14.1. The fraction of sp³-hybridized carbons (Fsp3) is 0.0588. The lowest BCUT2D eigenvalue weighted by Crippen LogP contribution is -2.23.